The predicted octanol–water partition coefficient (Wildman–Crippen LogP) is 3.04. The maximum Gasteiger partial charge on any atom is 0.169 e. The Balaban J connectivity index is 2.62. The molecule has 2 rings (SSSR count). The molecule has 2 nitrogen and oxygen atoms in total. The monoisotopic (exact) mass is 207 g/mol. The standard InChI is InChI=1S/C9H5NOS2/c1-5(11)8-3-6-2-7(4-10)12-9(6)13-8/h2-3H,1H3. The van der Waals surface area contributed by atoms with Crippen LogP contribution in [0.5, 0.6) is 0 Å². The average Bonchev–Trinajstić information content (AvgIpc) is 2.58. The van der Waals surface area contributed by atoms with Crippen molar-refractivity contribution in [3.63, 3.8) is 0 Å². The molecule has 0 amide bonds. The molecule has 0 aromatic carbocycles. The van der Waals surface area contributed by atoms with Gasteiger partial charge in [0.25, 0.3) is 0 Å². The van der Waals surface area contributed by atoms with Crippen molar-refractivity contribution < 1.29 is 4.79 Å². The third-order valence-corrected chi connectivity index (χ3v) is 4.07. The molecule has 64 valence electrons. The number of thiophene rings is 2. The summed E-state index contributed by atoms with van der Waals surface area (Å²) in [6, 6.07) is 5.76. The molecule has 0 atom stereocenters. The van der Waals surface area contributed by atoms with Gasteiger partial charge >= 0.3 is 0 Å². The Morgan fingerprint density at radius 1 is 1.46 bits per heavy atom. The Hall–Kier alpha value is -1.18. The van der Waals surface area contributed by atoms with Crippen LogP contribution >= 0.6 is 22.7 Å². The fourth-order valence-electron chi connectivity index (χ4n) is 1.07. The lowest BCUT2D eigenvalue weighted by molar-refractivity contribution is 0.102. The van der Waals surface area contributed by atoms with Gasteiger partial charge in [-0.15, -0.1) is 22.7 Å². The molecule has 13 heavy (non-hydrogen) atoms. The van der Waals surface area contributed by atoms with Gasteiger partial charge < -0.3 is 0 Å². The topological polar surface area (TPSA) is 40.9 Å². The Kier molecular flexibility index (Phi) is 1.91. The van der Waals surface area contributed by atoms with E-state index < -0.39 is 0 Å². The van der Waals surface area contributed by atoms with E-state index in [0.717, 1.165) is 14.3 Å². The highest BCUT2D eigenvalue weighted by Gasteiger charge is 2.08. The highest BCUT2D eigenvalue weighted by molar-refractivity contribution is 7.39. The van der Waals surface area contributed by atoms with E-state index in [2.05, 4.69) is 6.07 Å². The molecular formula is C9H5NOS2. The first-order valence-electron chi connectivity index (χ1n) is 3.65. The largest absolute Gasteiger partial charge is 0.294 e. The molecule has 2 heterocycles. The highest BCUT2D eigenvalue weighted by atomic mass is 32.2. The van der Waals surface area contributed by atoms with Crippen LogP contribution in [0.25, 0.3) is 9.40 Å². The molecule has 2 aromatic rings. The lowest BCUT2D eigenvalue weighted by Gasteiger charge is -1.81. The zero-order valence-corrected chi connectivity index (χ0v) is 8.46. The second kappa shape index (κ2) is 2.95. The van der Waals surface area contributed by atoms with Crippen molar-refractivity contribution >= 4 is 37.9 Å². The van der Waals surface area contributed by atoms with E-state index in [1.54, 1.807) is 6.92 Å². The van der Waals surface area contributed by atoms with Gasteiger partial charge in [0.2, 0.25) is 0 Å². The second-order valence-corrected chi connectivity index (χ2v) is 4.99. The summed E-state index contributed by atoms with van der Waals surface area (Å²) in [7, 11) is 0. The van der Waals surface area contributed by atoms with E-state index >= 15 is 0 Å². The molecule has 0 radical (unpaired) electrons. The first-order valence-corrected chi connectivity index (χ1v) is 5.28. The van der Waals surface area contributed by atoms with Crippen LogP contribution in [0.2, 0.25) is 0 Å². The number of hydrogen-bond donors (Lipinski definition) is 0. The summed E-state index contributed by atoms with van der Waals surface area (Å²) >= 11 is 2.90. The number of rotatable bonds is 1. The van der Waals surface area contributed by atoms with Gasteiger partial charge in [-0.25, -0.2) is 0 Å². The van der Waals surface area contributed by atoms with Gasteiger partial charge in [-0.1, -0.05) is 0 Å². The molecule has 0 aliphatic carbocycles. The summed E-state index contributed by atoms with van der Waals surface area (Å²) in [4.78, 5) is 12.5. The van der Waals surface area contributed by atoms with Crippen LogP contribution in [0.15, 0.2) is 12.1 Å². The molecule has 0 unspecified atom stereocenters. The summed E-state index contributed by atoms with van der Waals surface area (Å²) in [5.74, 6) is 0.0897. The van der Waals surface area contributed by atoms with Gasteiger partial charge in [0.05, 0.1) is 8.89 Å². The van der Waals surface area contributed by atoms with Crippen molar-refractivity contribution in [2.24, 2.45) is 0 Å². The summed E-state index contributed by atoms with van der Waals surface area (Å²) in [5, 5.41) is 9.64. The third kappa shape index (κ3) is 1.37. The highest BCUT2D eigenvalue weighted by Crippen LogP contribution is 2.33. The SMILES string of the molecule is CC(=O)c1cc2cc(C#N)sc2s1. The van der Waals surface area contributed by atoms with E-state index in [-0.39, 0.29) is 5.78 Å². The molecule has 0 bridgehead atoms. The molecule has 0 spiro atoms. The van der Waals surface area contributed by atoms with Gasteiger partial charge in [0, 0.05) is 5.39 Å². The van der Waals surface area contributed by atoms with Gasteiger partial charge in [0.1, 0.15) is 10.9 Å². The van der Waals surface area contributed by atoms with Crippen LogP contribution in [-0.4, -0.2) is 5.78 Å². The minimum absolute atomic E-state index is 0.0897. The Bertz CT molecular complexity index is 484. The van der Waals surface area contributed by atoms with Crippen LogP contribution in [0.4, 0.5) is 0 Å². The molecule has 0 aliphatic rings. The summed E-state index contributed by atoms with van der Waals surface area (Å²) < 4.78 is 1.06. The molecule has 4 heteroatoms. The smallest absolute Gasteiger partial charge is 0.169 e. The number of nitrogens with zero attached hydrogens (tertiary/aromatic N) is 1. The van der Waals surface area contributed by atoms with Crippen molar-refractivity contribution in [3.05, 3.63) is 21.9 Å². The minimum Gasteiger partial charge on any atom is -0.294 e. The van der Waals surface area contributed by atoms with Gasteiger partial charge in [-0.2, -0.15) is 5.26 Å². The van der Waals surface area contributed by atoms with Crippen molar-refractivity contribution in [3.8, 4) is 6.07 Å². The molecule has 0 saturated carbocycles. The normalized spacial score (nSPS) is 10.2. The number of hydrogen-bond acceptors (Lipinski definition) is 4. The van der Waals surface area contributed by atoms with E-state index in [0.29, 0.717) is 4.88 Å². The maximum absolute atomic E-state index is 11.0. The maximum atomic E-state index is 11.0. The number of carbonyl (C=O) groups is 1. The van der Waals surface area contributed by atoms with E-state index in [1.165, 1.54) is 22.7 Å². The van der Waals surface area contributed by atoms with Crippen LogP contribution in [-0.2, 0) is 0 Å². The quantitative estimate of drug-likeness (QED) is 0.674. The van der Waals surface area contributed by atoms with Crippen LogP contribution in [0, 0.1) is 11.3 Å². The number of Topliss-reactive ketones (excluding diaryl/α,β-unsaturated/α-hetero) is 1. The molecule has 2 aromatic heterocycles. The van der Waals surface area contributed by atoms with E-state index in [4.69, 9.17) is 5.26 Å². The summed E-state index contributed by atoms with van der Waals surface area (Å²) in [6.07, 6.45) is 0. The average molecular weight is 207 g/mol. The Morgan fingerprint density at radius 2 is 2.23 bits per heavy atom. The lowest BCUT2D eigenvalue weighted by atomic mass is 10.3. The minimum atomic E-state index is 0.0897. The Labute approximate surface area is 83.0 Å². The lowest BCUT2D eigenvalue weighted by Crippen LogP contribution is -1.83. The molecule has 0 aliphatic heterocycles. The first kappa shape index (κ1) is 8.42. The van der Waals surface area contributed by atoms with Crippen LogP contribution < -0.4 is 0 Å². The van der Waals surface area contributed by atoms with Gasteiger partial charge in [0.15, 0.2) is 5.78 Å². The molecular weight excluding hydrogens is 202 g/mol. The first-order chi connectivity index (χ1) is 6.20. The van der Waals surface area contributed by atoms with Crippen molar-refractivity contribution in [2.45, 2.75) is 6.92 Å². The van der Waals surface area contributed by atoms with Crippen LogP contribution in [0.1, 0.15) is 21.5 Å². The fraction of sp³-hybridized carbons (Fsp3) is 0.111. The number of carbonyl (C=O) groups excluding carboxylic acids is 1. The third-order valence-electron chi connectivity index (χ3n) is 1.67. The van der Waals surface area contributed by atoms with Crippen molar-refractivity contribution in [1.29, 1.82) is 5.26 Å². The fourth-order valence-corrected chi connectivity index (χ4v) is 3.21. The second-order valence-electron chi connectivity index (χ2n) is 2.63. The number of nitriles is 1. The van der Waals surface area contributed by atoms with Gasteiger partial charge in [-0.05, 0) is 19.1 Å². The van der Waals surface area contributed by atoms with Crippen molar-refractivity contribution in [2.75, 3.05) is 0 Å². The summed E-state index contributed by atoms with van der Waals surface area (Å²) in [5.41, 5.74) is 0. The van der Waals surface area contributed by atoms with E-state index in [1.807, 2.05) is 12.1 Å². The predicted molar refractivity (Wildman–Crippen MR) is 54.4 cm³/mol. The van der Waals surface area contributed by atoms with E-state index in [9.17, 15) is 4.79 Å². The van der Waals surface area contributed by atoms with Crippen LogP contribution in [0.3, 0.4) is 0 Å². The van der Waals surface area contributed by atoms with Gasteiger partial charge in [-0.3, -0.25) is 4.79 Å². The molecule has 0 fully saturated rings. The zero-order valence-electron chi connectivity index (χ0n) is 6.83. The molecule has 0 N–H and O–H groups in total. The Morgan fingerprint density at radius 3 is 2.77 bits per heavy atom. The number of fused-ring (bicyclic) bond motifs is 1. The van der Waals surface area contributed by atoms with Crippen molar-refractivity contribution in [1.82, 2.24) is 0 Å². The molecule has 0 saturated heterocycles. The number of ketones is 1. The summed E-state index contributed by atoms with van der Waals surface area (Å²) in [6.45, 7) is 1.56. The zero-order chi connectivity index (χ0) is 9.42.